The summed E-state index contributed by atoms with van der Waals surface area (Å²) in [5.74, 6) is 0.368. The number of anilines is 1. The Balaban J connectivity index is 1.40. The van der Waals surface area contributed by atoms with E-state index in [0.29, 0.717) is 23.1 Å². The van der Waals surface area contributed by atoms with E-state index in [4.69, 9.17) is 14.5 Å². The van der Waals surface area contributed by atoms with Gasteiger partial charge in [0.2, 0.25) is 11.8 Å². The van der Waals surface area contributed by atoms with E-state index in [2.05, 4.69) is 28.5 Å². The second-order valence-electron chi connectivity index (χ2n) is 14.4. The van der Waals surface area contributed by atoms with Crippen LogP contribution in [-0.4, -0.2) is 86.1 Å². The second-order valence-corrected chi connectivity index (χ2v) is 16.1. The van der Waals surface area contributed by atoms with E-state index in [0.717, 1.165) is 80.6 Å². The van der Waals surface area contributed by atoms with Gasteiger partial charge in [0.25, 0.3) is 15.9 Å². The van der Waals surface area contributed by atoms with E-state index in [-0.39, 0.29) is 40.9 Å². The van der Waals surface area contributed by atoms with Crippen molar-refractivity contribution in [1.82, 2.24) is 19.8 Å². The lowest BCUT2D eigenvalue weighted by Gasteiger charge is -2.56. The summed E-state index contributed by atoms with van der Waals surface area (Å²) in [6, 6.07) is 12.1. The number of amides is 1. The van der Waals surface area contributed by atoms with E-state index in [1.165, 1.54) is 12.1 Å². The van der Waals surface area contributed by atoms with Crippen molar-refractivity contribution in [3.05, 3.63) is 64.7 Å². The summed E-state index contributed by atoms with van der Waals surface area (Å²) >= 11 is 0. The van der Waals surface area contributed by atoms with E-state index in [1.807, 2.05) is 43.9 Å². The monoisotopic (exact) mass is 675 g/mol. The predicted octanol–water partition coefficient (Wildman–Crippen LogP) is 6.01. The molecule has 48 heavy (non-hydrogen) atoms. The number of benzene rings is 2. The zero-order chi connectivity index (χ0) is 34.2. The summed E-state index contributed by atoms with van der Waals surface area (Å²) in [5, 5.41) is 0. The molecule has 4 bridgehead atoms. The average molecular weight is 676 g/mol. The van der Waals surface area contributed by atoms with Crippen molar-refractivity contribution in [3.8, 4) is 17.1 Å². The van der Waals surface area contributed by atoms with Crippen molar-refractivity contribution in [3.63, 3.8) is 0 Å². The van der Waals surface area contributed by atoms with Gasteiger partial charge in [0.1, 0.15) is 6.61 Å². The molecular formula is C37H49N5O5S. The highest BCUT2D eigenvalue weighted by molar-refractivity contribution is 7.92. The summed E-state index contributed by atoms with van der Waals surface area (Å²) in [7, 11) is -2.38. The van der Waals surface area contributed by atoms with Crippen molar-refractivity contribution < 1.29 is 22.7 Å². The van der Waals surface area contributed by atoms with Gasteiger partial charge in [0, 0.05) is 36.4 Å². The first kappa shape index (κ1) is 34.3. The van der Waals surface area contributed by atoms with Crippen molar-refractivity contribution in [2.24, 2.45) is 11.3 Å². The van der Waals surface area contributed by atoms with Crippen LogP contribution in [0.4, 0.5) is 5.95 Å². The van der Waals surface area contributed by atoms with Gasteiger partial charge in [-0.2, -0.15) is 4.98 Å². The number of hydrogen-bond acceptors (Lipinski definition) is 8. The van der Waals surface area contributed by atoms with Gasteiger partial charge in [0.15, 0.2) is 0 Å². The highest BCUT2D eigenvalue weighted by atomic mass is 32.2. The zero-order valence-electron chi connectivity index (χ0n) is 29.1. The number of sulfonamides is 1. The number of aromatic nitrogens is 2. The van der Waals surface area contributed by atoms with Gasteiger partial charge in [-0.05, 0) is 107 Å². The molecule has 1 saturated heterocycles. The maximum atomic E-state index is 14.6. The fourth-order valence-corrected chi connectivity index (χ4v) is 8.85. The smallest absolute Gasteiger partial charge is 0.264 e. The molecule has 0 radical (unpaired) electrons. The topological polar surface area (TPSA) is 114 Å². The number of rotatable bonds is 7. The van der Waals surface area contributed by atoms with E-state index >= 15 is 0 Å². The number of carbonyl (C=O) groups excluding carboxylic acids is 1. The Hall–Kier alpha value is -3.54. The van der Waals surface area contributed by atoms with E-state index in [9.17, 15) is 13.2 Å². The second kappa shape index (κ2) is 13.8. The number of fused-ring (bicyclic) bond motifs is 4. The van der Waals surface area contributed by atoms with Crippen molar-refractivity contribution >= 4 is 21.9 Å². The molecule has 6 rings (SSSR count). The molecule has 2 fully saturated rings. The Morgan fingerprint density at radius 2 is 1.73 bits per heavy atom. The largest absolute Gasteiger partial charge is 0.475 e. The van der Waals surface area contributed by atoms with Crippen LogP contribution in [0.1, 0.15) is 73.0 Å². The average Bonchev–Trinajstić information content (AvgIpc) is 3.03. The normalized spacial score (nSPS) is 21.1. The third kappa shape index (κ3) is 6.95. The first-order valence-electron chi connectivity index (χ1n) is 17.1. The lowest BCUT2D eigenvalue weighted by atomic mass is 9.59. The van der Waals surface area contributed by atoms with E-state index < -0.39 is 10.0 Å². The molecule has 2 aromatic carbocycles. The molecule has 3 aliphatic rings. The summed E-state index contributed by atoms with van der Waals surface area (Å²) in [5.41, 5.74) is 4.84. The molecule has 0 unspecified atom stereocenters. The van der Waals surface area contributed by atoms with Crippen LogP contribution < -0.4 is 9.46 Å². The third-order valence-electron chi connectivity index (χ3n) is 10.5. The predicted molar refractivity (Wildman–Crippen MR) is 187 cm³/mol. The number of piperidine rings is 1. The van der Waals surface area contributed by atoms with Crippen molar-refractivity contribution in [1.29, 1.82) is 0 Å². The van der Waals surface area contributed by atoms with Gasteiger partial charge in [-0.1, -0.05) is 38.1 Å². The molecule has 1 spiro atoms. The molecule has 2 aliphatic heterocycles. The summed E-state index contributed by atoms with van der Waals surface area (Å²) in [6.45, 7) is 14.2. The number of hydrogen-bond donors (Lipinski definition) is 1. The van der Waals surface area contributed by atoms with Crippen LogP contribution >= 0.6 is 0 Å². The Kier molecular flexibility index (Phi) is 9.84. The fourth-order valence-electron chi connectivity index (χ4n) is 7.87. The minimum Gasteiger partial charge on any atom is -0.475 e. The molecule has 1 aromatic heterocycles. The maximum Gasteiger partial charge on any atom is 0.264 e. The molecule has 3 heterocycles. The lowest BCUT2D eigenvalue weighted by Crippen LogP contribution is -2.60. The number of likely N-dealkylation sites (tertiary alicyclic amines) is 1. The molecule has 1 saturated carbocycles. The molecule has 1 aliphatic carbocycles. The fraction of sp³-hybridized carbons (Fsp3) is 0.541. The Bertz CT molecular complexity index is 1740. The van der Waals surface area contributed by atoms with Gasteiger partial charge < -0.3 is 19.3 Å². The molecular weight excluding hydrogens is 627 g/mol. The quantitative estimate of drug-likeness (QED) is 0.324. The Morgan fingerprint density at radius 1 is 1.04 bits per heavy atom. The van der Waals surface area contributed by atoms with Crippen LogP contribution in [0.3, 0.4) is 0 Å². The Labute approximate surface area is 285 Å². The first-order chi connectivity index (χ1) is 22.9. The van der Waals surface area contributed by atoms with Gasteiger partial charge >= 0.3 is 0 Å². The van der Waals surface area contributed by atoms with Gasteiger partial charge in [-0.25, -0.2) is 18.1 Å². The number of nitrogens with zero attached hydrogens (tertiary/aromatic N) is 4. The van der Waals surface area contributed by atoms with Gasteiger partial charge in [0.05, 0.1) is 23.2 Å². The minimum atomic E-state index is -4.13. The van der Waals surface area contributed by atoms with Gasteiger partial charge in [-0.15, -0.1) is 0 Å². The van der Waals surface area contributed by atoms with Crippen LogP contribution in [0.2, 0.25) is 0 Å². The summed E-state index contributed by atoms with van der Waals surface area (Å²) in [4.78, 5) is 28.4. The number of nitrogens with one attached hydrogen (secondary N) is 1. The first-order valence-corrected chi connectivity index (χ1v) is 18.6. The number of aryl methyl sites for hydroxylation is 2. The summed E-state index contributed by atoms with van der Waals surface area (Å²) < 4.78 is 42.0. The molecule has 3 aromatic rings. The van der Waals surface area contributed by atoms with Crippen LogP contribution in [0.5, 0.6) is 5.88 Å². The third-order valence-corrected chi connectivity index (χ3v) is 11.8. The Morgan fingerprint density at radius 3 is 2.40 bits per heavy atom. The highest BCUT2D eigenvalue weighted by Crippen LogP contribution is 2.52. The van der Waals surface area contributed by atoms with Crippen LogP contribution in [-0.2, 0) is 14.8 Å². The molecule has 1 amide bonds. The molecule has 258 valence electrons. The molecule has 10 nitrogen and oxygen atoms in total. The molecule has 1 N–H and O–H groups in total. The summed E-state index contributed by atoms with van der Waals surface area (Å²) in [6.07, 6.45) is 4.79. The molecule has 1 atom stereocenters. The van der Waals surface area contributed by atoms with Crippen LogP contribution in [0.15, 0.2) is 47.4 Å². The maximum absolute atomic E-state index is 14.6. The number of ether oxygens (including phenoxy) is 2. The highest BCUT2D eigenvalue weighted by Gasteiger charge is 2.50. The van der Waals surface area contributed by atoms with E-state index in [1.54, 1.807) is 19.2 Å². The zero-order valence-corrected chi connectivity index (χ0v) is 29.9. The standard InChI is InChI=1S/C37H49N5O5S/c1-24(2)19-29-23-47-34-27(5)33(32-25(3)9-7-10-26(32)4)38-36(39-34)40-48(44,45)31-12-8-11-28(20-31)35(43)42(29)30-21-37(22-30)13-15-41(16-14-37)17-18-46-6/h7-12,20,24,29-30H,13-19,21-23H2,1-6H3,(H,38,39,40)/t29-/m1/s1. The van der Waals surface area contributed by atoms with Crippen molar-refractivity contribution in [2.45, 2.75) is 83.7 Å². The molecule has 11 heteroatoms. The lowest BCUT2D eigenvalue weighted by molar-refractivity contribution is -0.0545. The van der Waals surface area contributed by atoms with Gasteiger partial charge in [-0.3, -0.25) is 4.79 Å². The van der Waals surface area contributed by atoms with Crippen LogP contribution in [0, 0.1) is 32.1 Å². The SMILES string of the molecule is COCCN1CCC2(CC1)CC(N1C(=O)c3cccc(c3)S(=O)(=O)Nc3nc(c(C)c(-c4c(C)cccc4C)n3)OC[C@H]1CC(C)C)C2. The minimum absolute atomic E-state index is 0.0123. The van der Waals surface area contributed by atoms with Crippen molar-refractivity contribution in [2.75, 3.05) is 44.7 Å². The number of methoxy groups -OCH3 is 1. The van der Waals surface area contributed by atoms with Crippen LogP contribution in [0.25, 0.3) is 11.3 Å². The number of carbonyl (C=O) groups is 1.